The predicted octanol–water partition coefficient (Wildman–Crippen LogP) is 8.01. The van der Waals surface area contributed by atoms with Gasteiger partial charge in [-0.25, -0.2) is 4.79 Å². The third kappa shape index (κ3) is 13.7. The van der Waals surface area contributed by atoms with Crippen LogP contribution in [0.1, 0.15) is 127 Å². The molecule has 0 fully saturated rings. The van der Waals surface area contributed by atoms with E-state index in [0.29, 0.717) is 12.6 Å². The molecule has 1 aromatic rings. The summed E-state index contributed by atoms with van der Waals surface area (Å²) in [6.07, 6.45) is 23.0. The Kier molecular flexibility index (Phi) is 15.5. The lowest BCUT2D eigenvalue weighted by Crippen LogP contribution is -1.96. The van der Waals surface area contributed by atoms with Crippen LogP contribution in [0.15, 0.2) is 16.5 Å². The highest BCUT2D eigenvalue weighted by Crippen LogP contribution is 2.17. The van der Waals surface area contributed by atoms with Crippen molar-refractivity contribution < 1.29 is 19.1 Å². The van der Waals surface area contributed by atoms with Gasteiger partial charge >= 0.3 is 5.97 Å². The van der Waals surface area contributed by atoms with Gasteiger partial charge in [-0.1, -0.05) is 110 Å². The van der Waals surface area contributed by atoms with Crippen LogP contribution in [0.25, 0.3) is 0 Å². The first-order valence-corrected chi connectivity index (χ1v) is 11.7. The monoisotopic (exact) mass is 394 g/mol. The molecule has 0 spiro atoms. The second-order valence-corrected chi connectivity index (χ2v) is 7.93. The van der Waals surface area contributed by atoms with Crippen LogP contribution in [0.5, 0.6) is 5.95 Å². The van der Waals surface area contributed by atoms with Gasteiger partial charge in [0.05, 0.1) is 6.61 Å². The predicted molar refractivity (Wildman–Crippen MR) is 115 cm³/mol. The van der Waals surface area contributed by atoms with E-state index in [0.717, 1.165) is 12.8 Å². The van der Waals surface area contributed by atoms with E-state index in [4.69, 9.17) is 14.3 Å². The summed E-state index contributed by atoms with van der Waals surface area (Å²) < 4.78 is 10.5. The lowest BCUT2D eigenvalue weighted by Gasteiger charge is -2.04. The minimum Gasteiger partial charge on any atom is -0.475 e. The van der Waals surface area contributed by atoms with E-state index in [1.54, 1.807) is 6.07 Å². The SMILES string of the molecule is CCCCCCCCCCCCCCCCCCCOc1ccc(C(=O)O)o1. The lowest BCUT2D eigenvalue weighted by atomic mass is 10.0. The zero-order chi connectivity index (χ0) is 20.3. The fraction of sp³-hybridized carbons (Fsp3) is 0.792. The molecule has 28 heavy (non-hydrogen) atoms. The number of carboxylic acid groups (broad SMARTS) is 1. The second-order valence-electron chi connectivity index (χ2n) is 7.93. The zero-order valence-electron chi connectivity index (χ0n) is 18.1. The molecular formula is C24H42O4. The highest BCUT2D eigenvalue weighted by Gasteiger charge is 2.09. The molecular weight excluding hydrogens is 352 g/mol. The fourth-order valence-corrected chi connectivity index (χ4v) is 3.51. The molecule has 0 aliphatic carbocycles. The Bertz CT molecular complexity index is 481. The topological polar surface area (TPSA) is 59.7 Å². The highest BCUT2D eigenvalue weighted by molar-refractivity contribution is 5.84. The summed E-state index contributed by atoms with van der Waals surface area (Å²) in [5.74, 6) is -0.834. The fourth-order valence-electron chi connectivity index (χ4n) is 3.51. The summed E-state index contributed by atoms with van der Waals surface area (Å²) in [5.41, 5.74) is 0. The minimum absolute atomic E-state index is 0.0718. The van der Waals surface area contributed by atoms with E-state index in [1.165, 1.54) is 102 Å². The third-order valence-corrected chi connectivity index (χ3v) is 5.28. The summed E-state index contributed by atoms with van der Waals surface area (Å²) in [7, 11) is 0. The number of ether oxygens (including phenoxy) is 1. The van der Waals surface area contributed by atoms with Crippen molar-refractivity contribution >= 4 is 5.97 Å². The van der Waals surface area contributed by atoms with Crippen molar-refractivity contribution in [2.45, 2.75) is 116 Å². The Morgan fingerprint density at radius 1 is 0.750 bits per heavy atom. The van der Waals surface area contributed by atoms with E-state index in [9.17, 15) is 4.79 Å². The smallest absolute Gasteiger partial charge is 0.371 e. The van der Waals surface area contributed by atoms with Gasteiger partial charge in [-0.05, 0) is 12.5 Å². The van der Waals surface area contributed by atoms with Crippen LogP contribution in [0.3, 0.4) is 0 Å². The average molecular weight is 395 g/mol. The molecule has 0 saturated carbocycles. The molecule has 0 aliphatic rings. The minimum atomic E-state index is -1.06. The van der Waals surface area contributed by atoms with Crippen molar-refractivity contribution in [1.82, 2.24) is 0 Å². The standard InChI is InChI=1S/C24H42O4/c1-2-3-4-5-6-7-8-9-10-11-12-13-14-15-16-17-18-21-27-23-20-19-22(28-23)24(25)26/h19-20H,2-18,21H2,1H3,(H,25,26). The molecule has 0 amide bonds. The Labute approximate surface area is 172 Å². The molecule has 0 unspecified atom stereocenters. The molecule has 0 aliphatic heterocycles. The van der Waals surface area contributed by atoms with Crippen molar-refractivity contribution in [3.63, 3.8) is 0 Å². The molecule has 4 nitrogen and oxygen atoms in total. The maximum absolute atomic E-state index is 10.7. The molecule has 0 saturated heterocycles. The van der Waals surface area contributed by atoms with Crippen molar-refractivity contribution in [1.29, 1.82) is 0 Å². The van der Waals surface area contributed by atoms with Crippen LogP contribution in [-0.4, -0.2) is 17.7 Å². The Morgan fingerprint density at radius 3 is 1.57 bits per heavy atom. The van der Waals surface area contributed by atoms with E-state index in [2.05, 4.69) is 6.92 Å². The van der Waals surface area contributed by atoms with Gasteiger partial charge in [0, 0.05) is 6.07 Å². The molecule has 0 bridgehead atoms. The van der Waals surface area contributed by atoms with Gasteiger partial charge in [-0.15, -0.1) is 0 Å². The number of carbonyl (C=O) groups is 1. The molecule has 0 radical (unpaired) electrons. The first-order chi connectivity index (χ1) is 13.7. The maximum atomic E-state index is 10.7. The highest BCUT2D eigenvalue weighted by atomic mass is 16.6. The van der Waals surface area contributed by atoms with Crippen molar-refractivity contribution in [3.8, 4) is 5.95 Å². The number of hydrogen-bond donors (Lipinski definition) is 1. The Morgan fingerprint density at radius 2 is 1.18 bits per heavy atom. The molecule has 0 atom stereocenters. The van der Waals surface area contributed by atoms with Gasteiger partial charge in [-0.3, -0.25) is 0 Å². The van der Waals surface area contributed by atoms with E-state index in [-0.39, 0.29) is 5.76 Å². The quantitative estimate of drug-likeness (QED) is 0.227. The van der Waals surface area contributed by atoms with Crippen LogP contribution in [0.4, 0.5) is 0 Å². The van der Waals surface area contributed by atoms with Crippen molar-refractivity contribution in [2.75, 3.05) is 6.61 Å². The van der Waals surface area contributed by atoms with E-state index < -0.39 is 5.97 Å². The van der Waals surface area contributed by atoms with Gasteiger partial charge in [0.15, 0.2) is 0 Å². The number of hydrogen-bond acceptors (Lipinski definition) is 3. The first kappa shape index (κ1) is 24.6. The lowest BCUT2D eigenvalue weighted by molar-refractivity contribution is 0.0653. The van der Waals surface area contributed by atoms with Crippen LogP contribution in [-0.2, 0) is 0 Å². The molecule has 4 heteroatoms. The first-order valence-electron chi connectivity index (χ1n) is 11.7. The largest absolute Gasteiger partial charge is 0.475 e. The molecule has 1 rings (SSSR count). The molecule has 162 valence electrons. The molecule has 1 N–H and O–H groups in total. The van der Waals surface area contributed by atoms with Crippen molar-refractivity contribution in [3.05, 3.63) is 17.9 Å². The maximum Gasteiger partial charge on any atom is 0.371 e. The normalized spacial score (nSPS) is 11.0. The zero-order valence-corrected chi connectivity index (χ0v) is 18.1. The average Bonchev–Trinajstić information content (AvgIpc) is 3.16. The summed E-state index contributed by atoms with van der Waals surface area (Å²) in [6.45, 7) is 2.87. The molecule has 1 aromatic heterocycles. The van der Waals surface area contributed by atoms with Gasteiger partial charge < -0.3 is 14.3 Å². The third-order valence-electron chi connectivity index (χ3n) is 5.28. The second kappa shape index (κ2) is 17.6. The van der Waals surface area contributed by atoms with Crippen LogP contribution < -0.4 is 4.74 Å². The summed E-state index contributed by atoms with van der Waals surface area (Å²) in [6, 6.07) is 2.99. The number of unbranched alkanes of at least 4 members (excludes halogenated alkanes) is 16. The van der Waals surface area contributed by atoms with Gasteiger partial charge in [0.25, 0.3) is 5.95 Å². The number of aromatic carboxylic acids is 1. The van der Waals surface area contributed by atoms with Crippen LogP contribution in [0, 0.1) is 0 Å². The van der Waals surface area contributed by atoms with Gasteiger partial charge in [0.1, 0.15) is 0 Å². The Hall–Kier alpha value is -1.45. The van der Waals surface area contributed by atoms with Crippen LogP contribution >= 0.6 is 0 Å². The van der Waals surface area contributed by atoms with Crippen LogP contribution in [0.2, 0.25) is 0 Å². The Balaban J connectivity index is 1.74. The summed E-state index contributed by atoms with van der Waals surface area (Å²) >= 11 is 0. The molecule has 0 aromatic carbocycles. The van der Waals surface area contributed by atoms with Gasteiger partial charge in [-0.2, -0.15) is 0 Å². The number of furan rings is 1. The van der Waals surface area contributed by atoms with Gasteiger partial charge in [0.2, 0.25) is 5.76 Å². The summed E-state index contributed by atoms with van der Waals surface area (Å²) in [4.78, 5) is 10.7. The van der Waals surface area contributed by atoms with E-state index >= 15 is 0 Å². The van der Waals surface area contributed by atoms with E-state index in [1.807, 2.05) is 0 Å². The number of rotatable bonds is 20. The molecule has 1 heterocycles. The van der Waals surface area contributed by atoms with Crippen molar-refractivity contribution in [2.24, 2.45) is 0 Å². The number of carboxylic acids is 1. The summed E-state index contributed by atoms with van der Waals surface area (Å²) in [5, 5.41) is 8.78.